The first-order valence-corrected chi connectivity index (χ1v) is 7.60. The molecule has 16 heavy (non-hydrogen) atoms. The summed E-state index contributed by atoms with van der Waals surface area (Å²) < 4.78 is 2.14. The summed E-state index contributed by atoms with van der Waals surface area (Å²) in [5, 5.41) is 0.723. The molecule has 84 valence electrons. The highest BCUT2D eigenvalue weighted by molar-refractivity contribution is 14.1. The third-order valence-corrected chi connectivity index (χ3v) is 5.48. The van der Waals surface area contributed by atoms with Gasteiger partial charge < -0.3 is 5.73 Å². The van der Waals surface area contributed by atoms with Gasteiger partial charge in [-0.15, -0.1) is 11.3 Å². The van der Waals surface area contributed by atoms with Crippen molar-refractivity contribution in [3.63, 3.8) is 0 Å². The molecule has 0 aliphatic heterocycles. The zero-order valence-corrected chi connectivity index (χ0v) is 13.4. The smallest absolute Gasteiger partial charge is 0.0888 e. The third-order valence-electron chi connectivity index (χ3n) is 2.20. The summed E-state index contributed by atoms with van der Waals surface area (Å²) >= 11 is 13.2. The maximum absolute atomic E-state index is 6.18. The zero-order valence-electron chi connectivity index (χ0n) is 8.08. The number of nitrogens with two attached hydrogens (primary N) is 1. The molecule has 1 aromatic heterocycles. The van der Waals surface area contributed by atoms with Gasteiger partial charge in [0.05, 0.1) is 14.9 Å². The molecule has 0 spiro atoms. The lowest BCUT2D eigenvalue weighted by Crippen LogP contribution is -2.09. The monoisotopic (exact) mass is 427 g/mol. The highest BCUT2D eigenvalue weighted by Crippen LogP contribution is 2.36. The maximum atomic E-state index is 6.18. The summed E-state index contributed by atoms with van der Waals surface area (Å²) in [7, 11) is 0. The van der Waals surface area contributed by atoms with Crippen molar-refractivity contribution in [2.24, 2.45) is 5.73 Å². The van der Waals surface area contributed by atoms with Crippen LogP contribution in [0.3, 0.4) is 0 Å². The van der Waals surface area contributed by atoms with Gasteiger partial charge in [0, 0.05) is 8.45 Å². The van der Waals surface area contributed by atoms with Crippen molar-refractivity contribution >= 4 is 61.5 Å². The summed E-state index contributed by atoms with van der Waals surface area (Å²) in [4.78, 5) is 1.07. The van der Waals surface area contributed by atoms with Crippen LogP contribution in [0.2, 0.25) is 5.02 Å². The first-order valence-electron chi connectivity index (χ1n) is 4.53. The lowest BCUT2D eigenvalue weighted by Gasteiger charge is -2.09. The van der Waals surface area contributed by atoms with E-state index in [2.05, 4.69) is 50.7 Å². The molecule has 0 fully saturated rings. The zero-order chi connectivity index (χ0) is 11.7. The molecule has 0 amide bonds. The van der Waals surface area contributed by atoms with Gasteiger partial charge in [0.2, 0.25) is 0 Å². The predicted octanol–water partition coefficient (Wildman–Crippen LogP) is 4.82. The normalized spacial score (nSPS) is 12.8. The third kappa shape index (κ3) is 2.79. The van der Waals surface area contributed by atoms with Gasteiger partial charge in [-0.1, -0.05) is 23.7 Å². The molecule has 0 aliphatic carbocycles. The van der Waals surface area contributed by atoms with Crippen molar-refractivity contribution in [2.75, 3.05) is 0 Å². The van der Waals surface area contributed by atoms with E-state index >= 15 is 0 Å². The van der Waals surface area contributed by atoms with Crippen molar-refractivity contribution in [1.82, 2.24) is 0 Å². The van der Waals surface area contributed by atoms with Gasteiger partial charge in [-0.05, 0) is 62.3 Å². The Morgan fingerprint density at radius 3 is 2.44 bits per heavy atom. The van der Waals surface area contributed by atoms with E-state index < -0.39 is 0 Å². The molecule has 0 radical (unpaired) electrons. The molecule has 0 bridgehead atoms. The van der Waals surface area contributed by atoms with Crippen LogP contribution in [-0.2, 0) is 0 Å². The van der Waals surface area contributed by atoms with Crippen molar-refractivity contribution < 1.29 is 0 Å². The van der Waals surface area contributed by atoms with E-state index in [0.717, 1.165) is 19.2 Å². The molecule has 0 saturated carbocycles. The lowest BCUT2D eigenvalue weighted by molar-refractivity contribution is 0.893. The van der Waals surface area contributed by atoms with E-state index in [4.69, 9.17) is 17.3 Å². The standard InChI is InChI=1S/C11H8BrClINS/c12-11-8(13)5-9(16-11)10(15)6-1-3-7(14)4-2-6/h1-5,10H,15H2. The first kappa shape index (κ1) is 12.8. The van der Waals surface area contributed by atoms with Crippen molar-refractivity contribution in [3.05, 3.63) is 53.2 Å². The Morgan fingerprint density at radius 1 is 1.31 bits per heavy atom. The summed E-state index contributed by atoms with van der Waals surface area (Å²) in [6.45, 7) is 0. The minimum atomic E-state index is -0.106. The Bertz CT molecular complexity index is 478. The molecule has 5 heteroatoms. The molecule has 1 atom stereocenters. The number of benzene rings is 1. The Kier molecular flexibility index (Phi) is 4.29. The molecular weight excluding hydrogens is 420 g/mol. The SMILES string of the molecule is NC(c1ccc(I)cc1)c1cc(Cl)c(Br)s1. The van der Waals surface area contributed by atoms with Crippen LogP contribution < -0.4 is 5.73 Å². The van der Waals surface area contributed by atoms with Crippen molar-refractivity contribution in [1.29, 1.82) is 0 Å². The molecular formula is C11H8BrClINS. The average Bonchev–Trinajstić information content (AvgIpc) is 2.59. The van der Waals surface area contributed by atoms with Gasteiger partial charge >= 0.3 is 0 Å². The second kappa shape index (κ2) is 5.35. The quantitative estimate of drug-likeness (QED) is 0.682. The minimum absolute atomic E-state index is 0.106. The van der Waals surface area contributed by atoms with E-state index in [9.17, 15) is 0 Å². The topological polar surface area (TPSA) is 26.0 Å². The number of hydrogen-bond acceptors (Lipinski definition) is 2. The Hall–Kier alpha value is 0.380. The van der Waals surface area contributed by atoms with Crippen LogP contribution in [0.1, 0.15) is 16.5 Å². The van der Waals surface area contributed by atoms with E-state index in [1.807, 2.05) is 18.2 Å². The Labute approximate surface area is 125 Å². The van der Waals surface area contributed by atoms with Crippen LogP contribution in [0.25, 0.3) is 0 Å². The van der Waals surface area contributed by atoms with E-state index in [1.54, 1.807) is 11.3 Å². The number of hydrogen-bond donors (Lipinski definition) is 1. The van der Waals surface area contributed by atoms with Crippen molar-refractivity contribution in [3.8, 4) is 0 Å². The minimum Gasteiger partial charge on any atom is -0.320 e. The van der Waals surface area contributed by atoms with E-state index in [-0.39, 0.29) is 6.04 Å². The van der Waals surface area contributed by atoms with Gasteiger partial charge in [-0.2, -0.15) is 0 Å². The van der Waals surface area contributed by atoms with E-state index in [0.29, 0.717) is 0 Å². The van der Waals surface area contributed by atoms with Gasteiger partial charge in [0.1, 0.15) is 0 Å². The number of rotatable bonds is 2. The van der Waals surface area contributed by atoms with Crippen LogP contribution in [0.4, 0.5) is 0 Å². The van der Waals surface area contributed by atoms with E-state index in [1.165, 1.54) is 3.57 Å². The first-order chi connectivity index (χ1) is 7.58. The maximum Gasteiger partial charge on any atom is 0.0888 e. The molecule has 0 saturated heterocycles. The Balaban J connectivity index is 2.31. The highest BCUT2D eigenvalue weighted by atomic mass is 127. The molecule has 2 rings (SSSR count). The molecule has 2 aromatic rings. The highest BCUT2D eigenvalue weighted by Gasteiger charge is 2.13. The summed E-state index contributed by atoms with van der Waals surface area (Å²) in [6, 6.07) is 10.0. The fraction of sp³-hybridized carbons (Fsp3) is 0.0909. The molecule has 0 aliphatic rings. The Morgan fingerprint density at radius 2 is 1.94 bits per heavy atom. The predicted molar refractivity (Wildman–Crippen MR) is 82.2 cm³/mol. The van der Waals surface area contributed by atoms with Gasteiger partial charge in [0.15, 0.2) is 0 Å². The number of halogens is 3. The summed E-state index contributed by atoms with van der Waals surface area (Å²) in [6.07, 6.45) is 0. The second-order valence-corrected chi connectivity index (χ2v) is 7.35. The lowest BCUT2D eigenvalue weighted by atomic mass is 10.1. The molecule has 1 heterocycles. The van der Waals surface area contributed by atoms with Crippen LogP contribution >= 0.6 is 61.5 Å². The second-order valence-electron chi connectivity index (χ2n) is 3.30. The average molecular weight is 429 g/mol. The van der Waals surface area contributed by atoms with Gasteiger partial charge in [-0.25, -0.2) is 0 Å². The van der Waals surface area contributed by atoms with Crippen molar-refractivity contribution in [2.45, 2.75) is 6.04 Å². The fourth-order valence-corrected chi connectivity index (χ4v) is 3.49. The van der Waals surface area contributed by atoms with Crippen LogP contribution in [0.15, 0.2) is 34.1 Å². The number of thiophene rings is 1. The van der Waals surface area contributed by atoms with Crippen LogP contribution in [0.5, 0.6) is 0 Å². The molecule has 2 N–H and O–H groups in total. The molecule has 1 aromatic carbocycles. The van der Waals surface area contributed by atoms with Gasteiger partial charge in [0.25, 0.3) is 0 Å². The van der Waals surface area contributed by atoms with Gasteiger partial charge in [-0.3, -0.25) is 0 Å². The molecule has 1 unspecified atom stereocenters. The largest absolute Gasteiger partial charge is 0.320 e. The fourth-order valence-electron chi connectivity index (χ4n) is 1.35. The molecule has 1 nitrogen and oxygen atoms in total. The van der Waals surface area contributed by atoms with Crippen LogP contribution in [0, 0.1) is 3.57 Å². The summed E-state index contributed by atoms with van der Waals surface area (Å²) in [5.74, 6) is 0. The summed E-state index contributed by atoms with van der Waals surface area (Å²) in [5.41, 5.74) is 7.28. The van der Waals surface area contributed by atoms with Crippen LogP contribution in [-0.4, -0.2) is 0 Å².